The smallest absolute Gasteiger partial charge is 0.223 e. The van der Waals surface area contributed by atoms with Crippen LogP contribution in [-0.2, 0) is 9.59 Å². The van der Waals surface area contributed by atoms with Crippen LogP contribution in [0.4, 0.5) is 0 Å². The number of carbonyl (C=O) groups is 2. The van der Waals surface area contributed by atoms with Crippen molar-refractivity contribution in [3.05, 3.63) is 0 Å². The van der Waals surface area contributed by atoms with Crippen molar-refractivity contribution in [3.8, 4) is 0 Å². The van der Waals surface area contributed by atoms with E-state index in [0.717, 1.165) is 25.7 Å². The maximum Gasteiger partial charge on any atom is 0.223 e. The molecule has 19 heavy (non-hydrogen) atoms. The topological polar surface area (TPSA) is 84.2 Å². The molecule has 0 aromatic heterocycles. The molecule has 1 fully saturated rings. The fourth-order valence-corrected chi connectivity index (χ4v) is 2.08. The molecule has 5 nitrogen and oxygen atoms in total. The highest BCUT2D eigenvalue weighted by molar-refractivity contribution is 5.81. The maximum atomic E-state index is 11.8. The fraction of sp³-hybridized carbons (Fsp3) is 0.857. The number of nitrogens with one attached hydrogen (secondary N) is 2. The van der Waals surface area contributed by atoms with E-state index in [0.29, 0.717) is 25.9 Å². The minimum absolute atomic E-state index is 0.0230. The van der Waals surface area contributed by atoms with Gasteiger partial charge in [0.2, 0.25) is 11.8 Å². The van der Waals surface area contributed by atoms with Crippen molar-refractivity contribution in [2.75, 3.05) is 13.1 Å². The van der Waals surface area contributed by atoms with Crippen molar-refractivity contribution in [3.63, 3.8) is 0 Å². The van der Waals surface area contributed by atoms with Crippen LogP contribution < -0.4 is 16.4 Å². The fourth-order valence-electron chi connectivity index (χ4n) is 2.08. The Labute approximate surface area is 115 Å². The van der Waals surface area contributed by atoms with Crippen LogP contribution in [0.25, 0.3) is 0 Å². The van der Waals surface area contributed by atoms with Gasteiger partial charge in [0.1, 0.15) is 0 Å². The van der Waals surface area contributed by atoms with Gasteiger partial charge in [0.15, 0.2) is 0 Å². The molecule has 0 saturated heterocycles. The summed E-state index contributed by atoms with van der Waals surface area (Å²) in [6, 6.07) is 0. The average molecular weight is 269 g/mol. The monoisotopic (exact) mass is 269 g/mol. The summed E-state index contributed by atoms with van der Waals surface area (Å²) in [5.74, 6) is 0.396. The zero-order valence-electron chi connectivity index (χ0n) is 12.1. The molecule has 0 atom stereocenters. The molecule has 1 aliphatic rings. The molecule has 0 unspecified atom stereocenters. The molecule has 4 N–H and O–H groups in total. The van der Waals surface area contributed by atoms with Gasteiger partial charge in [0.25, 0.3) is 0 Å². The van der Waals surface area contributed by atoms with Gasteiger partial charge in [-0.15, -0.1) is 0 Å². The van der Waals surface area contributed by atoms with Crippen LogP contribution in [0.2, 0.25) is 0 Å². The number of nitrogens with two attached hydrogens (primary N) is 1. The average Bonchev–Trinajstić information content (AvgIpc) is 3.25. The number of rotatable bonds is 9. The van der Waals surface area contributed by atoms with E-state index in [1.807, 2.05) is 13.8 Å². The van der Waals surface area contributed by atoms with Crippen molar-refractivity contribution >= 4 is 11.8 Å². The zero-order valence-corrected chi connectivity index (χ0v) is 12.1. The summed E-state index contributed by atoms with van der Waals surface area (Å²) in [7, 11) is 0. The molecule has 1 saturated carbocycles. The van der Waals surface area contributed by atoms with Gasteiger partial charge in [-0.1, -0.05) is 13.8 Å². The Morgan fingerprint density at radius 1 is 1.26 bits per heavy atom. The van der Waals surface area contributed by atoms with Crippen molar-refractivity contribution in [1.82, 2.24) is 10.6 Å². The lowest BCUT2D eigenvalue weighted by atomic mass is 9.92. The summed E-state index contributed by atoms with van der Waals surface area (Å²) >= 11 is 0. The third kappa shape index (κ3) is 5.19. The van der Waals surface area contributed by atoms with Crippen LogP contribution in [0.15, 0.2) is 0 Å². The van der Waals surface area contributed by atoms with E-state index in [9.17, 15) is 9.59 Å². The van der Waals surface area contributed by atoms with E-state index in [1.54, 1.807) is 0 Å². The molecule has 0 bridgehead atoms. The van der Waals surface area contributed by atoms with Gasteiger partial charge in [-0.2, -0.15) is 0 Å². The Hall–Kier alpha value is -1.10. The lowest BCUT2D eigenvalue weighted by Gasteiger charge is -2.31. The Morgan fingerprint density at radius 3 is 2.37 bits per heavy atom. The lowest BCUT2D eigenvalue weighted by Crippen LogP contribution is -2.52. The molecular weight excluding hydrogens is 242 g/mol. The van der Waals surface area contributed by atoms with Gasteiger partial charge in [-0.3, -0.25) is 9.59 Å². The molecule has 0 aliphatic heterocycles. The van der Waals surface area contributed by atoms with Gasteiger partial charge < -0.3 is 16.4 Å². The predicted molar refractivity (Wildman–Crippen MR) is 75.5 cm³/mol. The highest BCUT2D eigenvalue weighted by Crippen LogP contribution is 2.28. The maximum absolute atomic E-state index is 11.8. The first-order valence-corrected chi connectivity index (χ1v) is 7.35. The standard InChI is InChI=1S/C14H27N3O2/c1-3-14(4-2,10-15)17-12(18)6-5-9-16-13(19)11-7-8-11/h11H,3-10,15H2,1-2H3,(H,16,19)(H,17,18). The van der Waals surface area contributed by atoms with E-state index in [4.69, 9.17) is 5.73 Å². The predicted octanol–water partition coefficient (Wildman–Crippen LogP) is 0.927. The largest absolute Gasteiger partial charge is 0.356 e. The minimum atomic E-state index is -0.270. The second-order valence-corrected chi connectivity index (χ2v) is 5.41. The van der Waals surface area contributed by atoms with Gasteiger partial charge >= 0.3 is 0 Å². The Morgan fingerprint density at radius 2 is 1.89 bits per heavy atom. The molecule has 2 amide bonds. The van der Waals surface area contributed by atoms with Crippen LogP contribution in [0.1, 0.15) is 52.4 Å². The van der Waals surface area contributed by atoms with Gasteiger partial charge in [0, 0.05) is 25.4 Å². The van der Waals surface area contributed by atoms with E-state index < -0.39 is 0 Å². The first-order chi connectivity index (χ1) is 9.06. The zero-order chi connectivity index (χ0) is 14.3. The molecule has 1 rings (SSSR count). The van der Waals surface area contributed by atoms with Crippen molar-refractivity contribution in [2.45, 2.75) is 57.9 Å². The van der Waals surface area contributed by atoms with Crippen molar-refractivity contribution < 1.29 is 9.59 Å². The summed E-state index contributed by atoms with van der Waals surface area (Å²) in [5, 5.41) is 5.89. The van der Waals surface area contributed by atoms with Crippen LogP contribution in [0, 0.1) is 5.92 Å². The molecule has 0 spiro atoms. The van der Waals surface area contributed by atoms with Gasteiger partial charge in [-0.05, 0) is 32.1 Å². The first kappa shape index (κ1) is 16.0. The van der Waals surface area contributed by atoms with E-state index in [2.05, 4.69) is 10.6 Å². The summed E-state index contributed by atoms with van der Waals surface area (Å²) in [4.78, 5) is 23.2. The normalized spacial score (nSPS) is 15.1. The van der Waals surface area contributed by atoms with Crippen LogP contribution in [-0.4, -0.2) is 30.4 Å². The minimum Gasteiger partial charge on any atom is -0.356 e. The lowest BCUT2D eigenvalue weighted by molar-refractivity contribution is -0.124. The first-order valence-electron chi connectivity index (χ1n) is 7.35. The highest BCUT2D eigenvalue weighted by atomic mass is 16.2. The van der Waals surface area contributed by atoms with Crippen LogP contribution in [0.5, 0.6) is 0 Å². The van der Waals surface area contributed by atoms with E-state index >= 15 is 0 Å². The molecular formula is C14H27N3O2. The van der Waals surface area contributed by atoms with Gasteiger partial charge in [0.05, 0.1) is 5.54 Å². The molecule has 0 aromatic rings. The third-order valence-corrected chi connectivity index (χ3v) is 3.98. The quantitative estimate of drug-likeness (QED) is 0.544. The summed E-state index contributed by atoms with van der Waals surface area (Å²) in [6.45, 7) is 5.11. The van der Waals surface area contributed by atoms with Crippen LogP contribution in [0.3, 0.4) is 0 Å². The van der Waals surface area contributed by atoms with Crippen LogP contribution >= 0.6 is 0 Å². The molecule has 1 aliphatic carbocycles. The molecule has 110 valence electrons. The van der Waals surface area contributed by atoms with Gasteiger partial charge in [-0.25, -0.2) is 0 Å². The summed E-state index contributed by atoms with van der Waals surface area (Å²) in [6.07, 6.45) is 4.82. The summed E-state index contributed by atoms with van der Waals surface area (Å²) in [5.41, 5.74) is 5.47. The van der Waals surface area contributed by atoms with Crippen molar-refractivity contribution in [2.24, 2.45) is 11.7 Å². The SMILES string of the molecule is CCC(CC)(CN)NC(=O)CCCNC(=O)C1CC1. The Balaban J connectivity index is 2.17. The second kappa shape index (κ2) is 7.48. The van der Waals surface area contributed by atoms with E-state index in [-0.39, 0.29) is 23.3 Å². The number of amides is 2. The highest BCUT2D eigenvalue weighted by Gasteiger charge is 2.29. The van der Waals surface area contributed by atoms with E-state index in [1.165, 1.54) is 0 Å². The summed E-state index contributed by atoms with van der Waals surface area (Å²) < 4.78 is 0. The Kier molecular flexibility index (Phi) is 6.28. The number of hydrogen-bond acceptors (Lipinski definition) is 3. The number of carbonyl (C=O) groups excluding carboxylic acids is 2. The molecule has 0 heterocycles. The van der Waals surface area contributed by atoms with Crippen molar-refractivity contribution in [1.29, 1.82) is 0 Å². The second-order valence-electron chi connectivity index (χ2n) is 5.41. The molecule has 0 radical (unpaired) electrons. The molecule has 5 heteroatoms. The molecule has 0 aromatic carbocycles. The Bertz CT molecular complexity index is 302. The third-order valence-electron chi connectivity index (χ3n) is 3.98. The number of hydrogen-bond donors (Lipinski definition) is 3.